The summed E-state index contributed by atoms with van der Waals surface area (Å²) >= 11 is -2.41. The summed E-state index contributed by atoms with van der Waals surface area (Å²) in [7, 11) is 0. The lowest BCUT2D eigenvalue weighted by molar-refractivity contribution is 0.107. The lowest BCUT2D eigenvalue weighted by Gasteiger charge is -1.95. The highest BCUT2D eigenvalue weighted by molar-refractivity contribution is 7.95. The summed E-state index contributed by atoms with van der Waals surface area (Å²) in [4.78, 5) is 10.9. The topological polar surface area (TPSA) is 54.4 Å². The quantitative estimate of drug-likeness (QED) is 0.670. The Hall–Kier alpha value is -1.00. The van der Waals surface area contributed by atoms with Gasteiger partial charge in [0.25, 0.3) is 5.12 Å². The second-order valence-corrected chi connectivity index (χ2v) is 3.27. The van der Waals surface area contributed by atoms with Crippen LogP contribution in [0.5, 0.6) is 0 Å². The molecule has 12 heavy (non-hydrogen) atoms. The molecular formula is C8H8O3S. The Kier molecular flexibility index (Phi) is 2.73. The maximum atomic E-state index is 10.9. The molecule has 3 nitrogen and oxygen atoms in total. The van der Waals surface area contributed by atoms with Gasteiger partial charge < -0.3 is 0 Å². The minimum Gasteiger partial charge on any atom is -0.300 e. The van der Waals surface area contributed by atoms with Crippen molar-refractivity contribution >= 4 is 16.2 Å². The molecular weight excluding hydrogens is 176 g/mol. The van der Waals surface area contributed by atoms with Crippen molar-refractivity contribution in [3.63, 3.8) is 0 Å². The van der Waals surface area contributed by atoms with Crippen molar-refractivity contribution in [1.82, 2.24) is 0 Å². The Bertz CT molecular complexity index is 316. The van der Waals surface area contributed by atoms with Gasteiger partial charge in [0.05, 0.1) is 0 Å². The first kappa shape index (κ1) is 9.09. The monoisotopic (exact) mass is 184 g/mol. The van der Waals surface area contributed by atoms with E-state index in [1.165, 1.54) is 12.1 Å². The van der Waals surface area contributed by atoms with Crippen LogP contribution in [0.1, 0.15) is 15.9 Å². The standard InChI is InChI=1S/C8H8O3S/c1-6-2-4-7(5-3-6)8(9)12(10)11/h2-5H,1H3,(H,10,11). The van der Waals surface area contributed by atoms with E-state index in [4.69, 9.17) is 4.55 Å². The van der Waals surface area contributed by atoms with Crippen molar-refractivity contribution in [1.29, 1.82) is 0 Å². The first-order valence-corrected chi connectivity index (χ1v) is 4.44. The average molecular weight is 184 g/mol. The van der Waals surface area contributed by atoms with Crippen LogP contribution in [-0.2, 0) is 11.1 Å². The van der Waals surface area contributed by atoms with Crippen molar-refractivity contribution in [3.8, 4) is 0 Å². The average Bonchev–Trinajstić information content (AvgIpc) is 2.04. The minimum atomic E-state index is -2.41. The molecule has 1 aromatic carbocycles. The highest BCUT2D eigenvalue weighted by Crippen LogP contribution is 2.04. The van der Waals surface area contributed by atoms with Crippen LogP contribution < -0.4 is 0 Å². The van der Waals surface area contributed by atoms with E-state index in [9.17, 15) is 9.00 Å². The largest absolute Gasteiger partial charge is 0.300 e. The molecule has 64 valence electrons. The number of aryl methyl sites for hydroxylation is 1. The smallest absolute Gasteiger partial charge is 0.276 e. The van der Waals surface area contributed by atoms with Crippen LogP contribution in [0.3, 0.4) is 0 Å². The zero-order valence-corrected chi connectivity index (χ0v) is 7.30. The van der Waals surface area contributed by atoms with Gasteiger partial charge in [0.1, 0.15) is 0 Å². The Labute approximate surface area is 72.7 Å². The summed E-state index contributed by atoms with van der Waals surface area (Å²) < 4.78 is 18.8. The summed E-state index contributed by atoms with van der Waals surface area (Å²) in [5.74, 6) is 0. The van der Waals surface area contributed by atoms with Crippen molar-refractivity contribution in [3.05, 3.63) is 35.4 Å². The van der Waals surface area contributed by atoms with Crippen molar-refractivity contribution in [2.75, 3.05) is 0 Å². The molecule has 1 atom stereocenters. The maximum Gasteiger partial charge on any atom is 0.276 e. The van der Waals surface area contributed by atoms with Crippen LogP contribution in [0.4, 0.5) is 0 Å². The summed E-state index contributed by atoms with van der Waals surface area (Å²) in [5, 5.41) is -0.755. The van der Waals surface area contributed by atoms with E-state index in [-0.39, 0.29) is 5.56 Å². The van der Waals surface area contributed by atoms with E-state index in [0.29, 0.717) is 0 Å². The predicted octanol–water partition coefficient (Wildman–Crippen LogP) is 1.36. The molecule has 0 bridgehead atoms. The number of carbonyl (C=O) groups excluding carboxylic acids is 1. The molecule has 0 spiro atoms. The van der Waals surface area contributed by atoms with Crippen molar-refractivity contribution in [2.24, 2.45) is 0 Å². The molecule has 0 aliphatic rings. The molecule has 1 rings (SSSR count). The number of rotatable bonds is 1. The fourth-order valence-electron chi connectivity index (χ4n) is 0.790. The third kappa shape index (κ3) is 1.99. The number of hydrogen-bond acceptors (Lipinski definition) is 2. The molecule has 0 saturated carbocycles. The second-order valence-electron chi connectivity index (χ2n) is 2.40. The van der Waals surface area contributed by atoms with Crippen LogP contribution >= 0.6 is 0 Å². The molecule has 1 N–H and O–H groups in total. The van der Waals surface area contributed by atoms with Gasteiger partial charge in [-0.05, 0) is 6.92 Å². The van der Waals surface area contributed by atoms with Gasteiger partial charge in [-0.1, -0.05) is 29.8 Å². The molecule has 4 heteroatoms. The van der Waals surface area contributed by atoms with Crippen LogP contribution in [0, 0.1) is 6.92 Å². The Morgan fingerprint density at radius 2 is 1.83 bits per heavy atom. The number of carbonyl (C=O) groups is 1. The van der Waals surface area contributed by atoms with Crippen LogP contribution in [0.2, 0.25) is 0 Å². The zero-order chi connectivity index (χ0) is 9.14. The van der Waals surface area contributed by atoms with Gasteiger partial charge >= 0.3 is 0 Å². The Morgan fingerprint density at radius 1 is 1.33 bits per heavy atom. The molecule has 0 fully saturated rings. The van der Waals surface area contributed by atoms with E-state index in [1.54, 1.807) is 12.1 Å². The summed E-state index contributed by atoms with van der Waals surface area (Å²) in [6.45, 7) is 1.88. The van der Waals surface area contributed by atoms with Crippen LogP contribution in [0.25, 0.3) is 0 Å². The van der Waals surface area contributed by atoms with Gasteiger partial charge in [0.15, 0.2) is 0 Å². The molecule has 1 aromatic rings. The maximum absolute atomic E-state index is 10.9. The summed E-state index contributed by atoms with van der Waals surface area (Å²) in [5.41, 5.74) is 1.27. The summed E-state index contributed by atoms with van der Waals surface area (Å²) in [6, 6.07) is 6.51. The van der Waals surface area contributed by atoms with Gasteiger partial charge in [-0.15, -0.1) is 0 Å². The van der Waals surface area contributed by atoms with E-state index in [0.717, 1.165) is 5.56 Å². The Balaban J connectivity index is 2.98. The normalized spacial score (nSPS) is 12.5. The predicted molar refractivity (Wildman–Crippen MR) is 46.3 cm³/mol. The van der Waals surface area contributed by atoms with Crippen molar-refractivity contribution < 1.29 is 13.6 Å². The highest BCUT2D eigenvalue weighted by Gasteiger charge is 2.10. The lowest BCUT2D eigenvalue weighted by atomic mass is 10.2. The number of benzene rings is 1. The van der Waals surface area contributed by atoms with Gasteiger partial charge in [0, 0.05) is 5.56 Å². The van der Waals surface area contributed by atoms with Gasteiger partial charge in [-0.2, -0.15) is 0 Å². The van der Waals surface area contributed by atoms with Crippen LogP contribution in [-0.4, -0.2) is 13.9 Å². The lowest BCUT2D eigenvalue weighted by Crippen LogP contribution is -2.05. The molecule has 0 aliphatic heterocycles. The fraction of sp³-hybridized carbons (Fsp3) is 0.125. The SMILES string of the molecule is Cc1ccc(C(=O)S(=O)O)cc1. The third-order valence-corrected chi connectivity index (χ3v) is 2.00. The first-order chi connectivity index (χ1) is 5.61. The summed E-state index contributed by atoms with van der Waals surface area (Å²) in [6.07, 6.45) is 0. The molecule has 1 unspecified atom stereocenters. The van der Waals surface area contributed by atoms with Crippen molar-refractivity contribution in [2.45, 2.75) is 6.92 Å². The van der Waals surface area contributed by atoms with Gasteiger partial charge in [0.2, 0.25) is 11.1 Å². The molecule has 0 heterocycles. The molecule has 0 aliphatic carbocycles. The van der Waals surface area contributed by atoms with E-state index < -0.39 is 16.2 Å². The molecule has 0 saturated heterocycles. The van der Waals surface area contributed by atoms with Crippen LogP contribution in [0.15, 0.2) is 24.3 Å². The molecule has 0 radical (unpaired) electrons. The minimum absolute atomic E-state index is 0.265. The van der Waals surface area contributed by atoms with E-state index >= 15 is 0 Å². The molecule has 0 amide bonds. The van der Waals surface area contributed by atoms with Gasteiger partial charge in [-0.3, -0.25) is 9.35 Å². The first-order valence-electron chi connectivity index (χ1n) is 3.33. The highest BCUT2D eigenvalue weighted by atomic mass is 32.2. The van der Waals surface area contributed by atoms with E-state index in [2.05, 4.69) is 0 Å². The fourth-order valence-corrected chi connectivity index (χ4v) is 1.13. The number of hydrogen-bond donors (Lipinski definition) is 1. The van der Waals surface area contributed by atoms with Gasteiger partial charge in [-0.25, -0.2) is 4.21 Å². The Morgan fingerprint density at radius 3 is 2.25 bits per heavy atom. The molecule has 0 aromatic heterocycles. The third-order valence-electron chi connectivity index (χ3n) is 1.45. The second kappa shape index (κ2) is 3.60. The van der Waals surface area contributed by atoms with E-state index in [1.807, 2.05) is 6.92 Å². The zero-order valence-electron chi connectivity index (χ0n) is 6.48.